The molecular formula is C11H23BrN2O2S. The zero-order valence-electron chi connectivity index (χ0n) is 10.8. The van der Waals surface area contributed by atoms with Crippen LogP contribution in [0.2, 0.25) is 0 Å². The van der Waals surface area contributed by atoms with E-state index in [1.807, 2.05) is 6.92 Å². The van der Waals surface area contributed by atoms with E-state index in [9.17, 15) is 8.42 Å². The predicted octanol–water partition coefficient (Wildman–Crippen LogP) is 2.11. The lowest BCUT2D eigenvalue weighted by molar-refractivity contribution is 0.265. The molecule has 1 rings (SSSR count). The number of rotatable bonds is 5. The van der Waals surface area contributed by atoms with E-state index in [1.54, 1.807) is 4.31 Å². The van der Waals surface area contributed by atoms with Gasteiger partial charge in [0.15, 0.2) is 0 Å². The molecule has 1 saturated heterocycles. The van der Waals surface area contributed by atoms with E-state index in [1.165, 1.54) is 0 Å². The fraction of sp³-hybridized carbons (Fsp3) is 1.00. The van der Waals surface area contributed by atoms with Crippen molar-refractivity contribution < 1.29 is 8.42 Å². The Morgan fingerprint density at radius 3 is 2.59 bits per heavy atom. The first kappa shape index (κ1) is 15.4. The van der Waals surface area contributed by atoms with Gasteiger partial charge in [-0.2, -0.15) is 12.7 Å². The fourth-order valence-corrected chi connectivity index (χ4v) is 3.81. The summed E-state index contributed by atoms with van der Waals surface area (Å²) in [5, 5.41) is 0. The highest BCUT2D eigenvalue weighted by Crippen LogP contribution is 2.19. The SMILES string of the molecule is CC(C)C(Br)CNS(=O)(=O)N1CCCCC1C. The molecule has 0 radical (unpaired) electrons. The summed E-state index contributed by atoms with van der Waals surface area (Å²) in [5.74, 6) is 0.413. The molecule has 0 aromatic rings. The van der Waals surface area contributed by atoms with Crippen molar-refractivity contribution in [1.82, 2.24) is 9.03 Å². The third kappa shape index (κ3) is 4.50. The van der Waals surface area contributed by atoms with Crippen LogP contribution in [0.3, 0.4) is 0 Å². The zero-order chi connectivity index (χ0) is 13.1. The summed E-state index contributed by atoms with van der Waals surface area (Å²) < 4.78 is 28.5. The number of nitrogens with zero attached hydrogens (tertiary/aromatic N) is 1. The maximum absolute atomic E-state index is 12.1. The largest absolute Gasteiger partial charge is 0.279 e. The molecule has 1 aliphatic rings. The monoisotopic (exact) mass is 326 g/mol. The van der Waals surface area contributed by atoms with Gasteiger partial charge in [0.05, 0.1) is 0 Å². The maximum Gasteiger partial charge on any atom is 0.279 e. The van der Waals surface area contributed by atoms with Crippen LogP contribution in [-0.2, 0) is 10.2 Å². The minimum atomic E-state index is -3.31. The van der Waals surface area contributed by atoms with Gasteiger partial charge in [0.25, 0.3) is 10.2 Å². The van der Waals surface area contributed by atoms with Gasteiger partial charge in [-0.3, -0.25) is 0 Å². The van der Waals surface area contributed by atoms with E-state index in [-0.39, 0.29) is 10.9 Å². The Labute approximate surface area is 113 Å². The van der Waals surface area contributed by atoms with Crippen molar-refractivity contribution in [3.05, 3.63) is 0 Å². The molecule has 0 spiro atoms. The first-order valence-electron chi connectivity index (χ1n) is 6.25. The zero-order valence-corrected chi connectivity index (χ0v) is 13.2. The van der Waals surface area contributed by atoms with Crippen molar-refractivity contribution in [1.29, 1.82) is 0 Å². The van der Waals surface area contributed by atoms with E-state index in [0.29, 0.717) is 19.0 Å². The summed E-state index contributed by atoms with van der Waals surface area (Å²) in [6, 6.07) is 0.120. The maximum atomic E-state index is 12.1. The molecule has 1 heterocycles. The van der Waals surface area contributed by atoms with Crippen LogP contribution >= 0.6 is 15.9 Å². The van der Waals surface area contributed by atoms with Crippen LogP contribution in [0.5, 0.6) is 0 Å². The molecule has 2 atom stereocenters. The molecule has 1 fully saturated rings. The molecular weight excluding hydrogens is 304 g/mol. The number of hydrogen-bond donors (Lipinski definition) is 1. The standard InChI is InChI=1S/C11H23BrN2O2S/c1-9(2)11(12)8-13-17(15,16)14-7-5-4-6-10(14)3/h9-11,13H,4-8H2,1-3H3. The van der Waals surface area contributed by atoms with E-state index >= 15 is 0 Å². The Morgan fingerprint density at radius 1 is 1.41 bits per heavy atom. The van der Waals surface area contributed by atoms with Crippen LogP contribution < -0.4 is 4.72 Å². The highest BCUT2D eigenvalue weighted by atomic mass is 79.9. The average molecular weight is 327 g/mol. The van der Waals surface area contributed by atoms with E-state index < -0.39 is 10.2 Å². The molecule has 102 valence electrons. The Morgan fingerprint density at radius 2 is 2.06 bits per heavy atom. The topological polar surface area (TPSA) is 49.4 Å². The Kier molecular flexibility index (Phi) is 5.89. The molecule has 17 heavy (non-hydrogen) atoms. The number of alkyl halides is 1. The molecule has 6 heteroatoms. The van der Waals surface area contributed by atoms with Gasteiger partial charge in [0.1, 0.15) is 0 Å². The Bertz CT molecular complexity index is 332. The quantitative estimate of drug-likeness (QED) is 0.787. The minimum absolute atomic E-state index is 0.120. The fourth-order valence-electron chi connectivity index (χ4n) is 1.93. The number of nitrogens with one attached hydrogen (secondary N) is 1. The summed E-state index contributed by atoms with van der Waals surface area (Å²) in [6.07, 6.45) is 3.05. The number of piperidine rings is 1. The van der Waals surface area contributed by atoms with Crippen molar-refractivity contribution in [2.24, 2.45) is 5.92 Å². The summed E-state index contributed by atoms with van der Waals surface area (Å²) in [7, 11) is -3.31. The normalized spacial score (nSPS) is 25.1. The van der Waals surface area contributed by atoms with Crippen molar-refractivity contribution in [3.8, 4) is 0 Å². The average Bonchev–Trinajstić information content (AvgIpc) is 2.26. The summed E-state index contributed by atoms with van der Waals surface area (Å²) in [6.45, 7) is 7.20. The Hall–Kier alpha value is 0.350. The van der Waals surface area contributed by atoms with Gasteiger partial charge in [-0.15, -0.1) is 0 Å². The van der Waals surface area contributed by atoms with E-state index in [0.717, 1.165) is 19.3 Å². The number of halogens is 1. The highest BCUT2D eigenvalue weighted by molar-refractivity contribution is 9.09. The molecule has 1 N–H and O–H groups in total. The van der Waals surface area contributed by atoms with Gasteiger partial charge in [0, 0.05) is 24.0 Å². The summed E-state index contributed by atoms with van der Waals surface area (Å²) in [4.78, 5) is 0.178. The molecule has 0 saturated carbocycles. The number of hydrogen-bond acceptors (Lipinski definition) is 2. The van der Waals surface area contributed by atoms with Crippen LogP contribution in [0, 0.1) is 5.92 Å². The van der Waals surface area contributed by atoms with Gasteiger partial charge < -0.3 is 0 Å². The van der Waals surface area contributed by atoms with Crippen LogP contribution in [-0.4, -0.2) is 36.7 Å². The molecule has 0 bridgehead atoms. The van der Waals surface area contributed by atoms with Gasteiger partial charge in [0.2, 0.25) is 0 Å². The smallest absolute Gasteiger partial charge is 0.201 e. The molecule has 0 aromatic carbocycles. The van der Waals surface area contributed by atoms with Crippen molar-refractivity contribution in [2.75, 3.05) is 13.1 Å². The second-order valence-corrected chi connectivity index (χ2v) is 7.95. The van der Waals surface area contributed by atoms with Crippen LogP contribution in [0.4, 0.5) is 0 Å². The van der Waals surface area contributed by atoms with E-state index in [2.05, 4.69) is 34.5 Å². The summed E-state index contributed by atoms with van der Waals surface area (Å²) >= 11 is 3.49. The molecule has 1 aliphatic heterocycles. The first-order valence-corrected chi connectivity index (χ1v) is 8.60. The van der Waals surface area contributed by atoms with Gasteiger partial charge in [-0.1, -0.05) is 36.2 Å². The minimum Gasteiger partial charge on any atom is -0.201 e. The van der Waals surface area contributed by atoms with Crippen molar-refractivity contribution in [3.63, 3.8) is 0 Å². The van der Waals surface area contributed by atoms with E-state index in [4.69, 9.17) is 0 Å². The lowest BCUT2D eigenvalue weighted by Crippen LogP contribution is -2.49. The first-order chi connectivity index (χ1) is 7.84. The third-order valence-electron chi connectivity index (χ3n) is 3.23. The lowest BCUT2D eigenvalue weighted by atomic mass is 10.1. The van der Waals surface area contributed by atoms with Crippen LogP contribution in [0.15, 0.2) is 0 Å². The molecule has 4 nitrogen and oxygen atoms in total. The molecule has 0 aliphatic carbocycles. The second-order valence-electron chi connectivity index (χ2n) is 5.07. The lowest BCUT2D eigenvalue weighted by Gasteiger charge is -2.32. The van der Waals surface area contributed by atoms with Crippen LogP contribution in [0.25, 0.3) is 0 Å². The molecule has 2 unspecified atom stereocenters. The second kappa shape index (κ2) is 6.50. The third-order valence-corrected chi connectivity index (χ3v) is 6.31. The van der Waals surface area contributed by atoms with Crippen LogP contribution in [0.1, 0.15) is 40.0 Å². The van der Waals surface area contributed by atoms with Crippen molar-refractivity contribution >= 4 is 26.1 Å². The molecule has 0 amide bonds. The van der Waals surface area contributed by atoms with Gasteiger partial charge in [-0.25, -0.2) is 4.72 Å². The molecule has 0 aromatic heterocycles. The van der Waals surface area contributed by atoms with Gasteiger partial charge >= 0.3 is 0 Å². The van der Waals surface area contributed by atoms with Crippen molar-refractivity contribution in [2.45, 2.75) is 50.9 Å². The Balaban J connectivity index is 2.55. The van der Waals surface area contributed by atoms with Gasteiger partial charge in [-0.05, 0) is 25.7 Å². The highest BCUT2D eigenvalue weighted by Gasteiger charge is 2.29. The summed E-state index contributed by atoms with van der Waals surface area (Å²) in [5.41, 5.74) is 0. The predicted molar refractivity (Wildman–Crippen MR) is 74.5 cm³/mol.